The number of amides is 2. The molecule has 0 saturated heterocycles. The zero-order chi connectivity index (χ0) is 20.5. The number of carbonyl (C=O) groups is 2. The Morgan fingerprint density at radius 3 is 2.72 bits per heavy atom. The van der Waals surface area contributed by atoms with E-state index in [0.717, 1.165) is 38.7 Å². The molecular weight excluding hydrogens is 384 g/mol. The first kappa shape index (κ1) is 19.2. The molecule has 1 atom stereocenters. The maximum Gasteiger partial charge on any atom is 0.266 e. The van der Waals surface area contributed by atoms with Crippen molar-refractivity contribution in [3.05, 3.63) is 75.7 Å². The van der Waals surface area contributed by atoms with Crippen LogP contribution >= 0.6 is 11.3 Å². The van der Waals surface area contributed by atoms with Crippen molar-refractivity contribution in [1.82, 2.24) is 0 Å². The fourth-order valence-electron chi connectivity index (χ4n) is 3.77. The second-order valence-corrected chi connectivity index (χ2v) is 8.22. The van der Waals surface area contributed by atoms with Crippen LogP contribution in [0, 0.1) is 13.8 Å². The highest BCUT2D eigenvalue weighted by atomic mass is 32.1. The van der Waals surface area contributed by atoms with E-state index in [2.05, 4.69) is 10.6 Å². The van der Waals surface area contributed by atoms with E-state index in [1.807, 2.05) is 62.4 Å². The molecule has 2 N–H and O–H groups in total. The highest BCUT2D eigenvalue weighted by Crippen LogP contribution is 2.45. The van der Waals surface area contributed by atoms with Crippen molar-refractivity contribution >= 4 is 33.8 Å². The number of thiophene rings is 1. The SMILES string of the molecule is COc1cccc([C@@H]2CC(=O)Nc3sc(C(=O)Nc4cccc(C)c4)c(C)c32)c1. The summed E-state index contributed by atoms with van der Waals surface area (Å²) in [4.78, 5) is 25.9. The lowest BCUT2D eigenvalue weighted by Crippen LogP contribution is -2.22. The third kappa shape index (κ3) is 3.76. The van der Waals surface area contributed by atoms with Gasteiger partial charge in [0.05, 0.1) is 17.0 Å². The van der Waals surface area contributed by atoms with Gasteiger partial charge in [0.1, 0.15) is 5.75 Å². The molecule has 29 heavy (non-hydrogen) atoms. The van der Waals surface area contributed by atoms with Crippen LogP contribution in [0.1, 0.15) is 44.3 Å². The summed E-state index contributed by atoms with van der Waals surface area (Å²) in [6, 6.07) is 15.5. The number of ether oxygens (including phenoxy) is 1. The summed E-state index contributed by atoms with van der Waals surface area (Å²) >= 11 is 1.33. The lowest BCUT2D eigenvalue weighted by Gasteiger charge is -2.24. The quantitative estimate of drug-likeness (QED) is 0.633. The Morgan fingerprint density at radius 1 is 1.17 bits per heavy atom. The number of aryl methyl sites for hydroxylation is 1. The molecule has 0 spiro atoms. The van der Waals surface area contributed by atoms with Crippen molar-refractivity contribution < 1.29 is 14.3 Å². The number of hydrogen-bond donors (Lipinski definition) is 2. The molecule has 5 nitrogen and oxygen atoms in total. The molecule has 0 fully saturated rings. The van der Waals surface area contributed by atoms with E-state index >= 15 is 0 Å². The molecule has 3 aromatic rings. The molecule has 2 amide bonds. The molecular formula is C23H22N2O3S. The van der Waals surface area contributed by atoms with Gasteiger partial charge in [-0.15, -0.1) is 11.3 Å². The molecule has 0 saturated carbocycles. The highest BCUT2D eigenvalue weighted by molar-refractivity contribution is 7.18. The van der Waals surface area contributed by atoms with Gasteiger partial charge in [0, 0.05) is 18.0 Å². The number of nitrogens with one attached hydrogen (secondary N) is 2. The average molecular weight is 407 g/mol. The Labute approximate surface area is 173 Å². The average Bonchev–Trinajstić information content (AvgIpc) is 3.04. The van der Waals surface area contributed by atoms with E-state index in [1.54, 1.807) is 7.11 Å². The molecule has 0 unspecified atom stereocenters. The smallest absolute Gasteiger partial charge is 0.266 e. The number of carbonyl (C=O) groups excluding carboxylic acids is 2. The molecule has 1 aliphatic heterocycles. The van der Waals surface area contributed by atoms with E-state index in [0.29, 0.717) is 11.3 Å². The van der Waals surface area contributed by atoms with Gasteiger partial charge >= 0.3 is 0 Å². The van der Waals surface area contributed by atoms with Crippen LogP contribution < -0.4 is 15.4 Å². The van der Waals surface area contributed by atoms with Gasteiger partial charge in [-0.05, 0) is 60.4 Å². The van der Waals surface area contributed by atoms with Crippen molar-refractivity contribution in [3.63, 3.8) is 0 Å². The predicted molar refractivity (Wildman–Crippen MR) is 116 cm³/mol. The van der Waals surface area contributed by atoms with E-state index < -0.39 is 0 Å². The predicted octanol–water partition coefficient (Wildman–Crippen LogP) is 5.10. The molecule has 1 aromatic heterocycles. The molecule has 0 radical (unpaired) electrons. The monoisotopic (exact) mass is 406 g/mol. The van der Waals surface area contributed by atoms with Crippen molar-refractivity contribution in [1.29, 1.82) is 0 Å². The van der Waals surface area contributed by atoms with Crippen LogP contribution in [0.5, 0.6) is 5.75 Å². The Morgan fingerprint density at radius 2 is 1.97 bits per heavy atom. The lowest BCUT2D eigenvalue weighted by molar-refractivity contribution is -0.116. The zero-order valence-corrected chi connectivity index (χ0v) is 17.4. The van der Waals surface area contributed by atoms with Crippen molar-refractivity contribution in [2.75, 3.05) is 17.7 Å². The maximum atomic E-state index is 13.0. The third-order valence-corrected chi connectivity index (χ3v) is 6.38. The number of rotatable bonds is 4. The molecule has 2 heterocycles. The van der Waals surface area contributed by atoms with Crippen molar-refractivity contribution in [2.45, 2.75) is 26.2 Å². The van der Waals surface area contributed by atoms with Crippen LogP contribution in [0.15, 0.2) is 48.5 Å². The van der Waals surface area contributed by atoms with Crippen LogP contribution in [0.3, 0.4) is 0 Å². The van der Waals surface area contributed by atoms with Gasteiger partial charge in [0.15, 0.2) is 0 Å². The highest BCUT2D eigenvalue weighted by Gasteiger charge is 2.33. The molecule has 4 rings (SSSR count). The fraction of sp³-hybridized carbons (Fsp3) is 0.217. The molecule has 148 valence electrons. The van der Waals surface area contributed by atoms with E-state index in [1.165, 1.54) is 11.3 Å². The first-order chi connectivity index (χ1) is 14.0. The summed E-state index contributed by atoms with van der Waals surface area (Å²) in [5, 5.41) is 6.67. The topological polar surface area (TPSA) is 67.4 Å². The minimum absolute atomic E-state index is 0.0442. The van der Waals surface area contributed by atoms with Gasteiger partial charge in [-0.1, -0.05) is 24.3 Å². The van der Waals surface area contributed by atoms with Crippen LogP contribution in [0.4, 0.5) is 10.7 Å². The van der Waals surface area contributed by atoms with Crippen LogP contribution in [0.2, 0.25) is 0 Å². The minimum atomic E-state index is -0.161. The zero-order valence-electron chi connectivity index (χ0n) is 16.5. The Bertz CT molecular complexity index is 1100. The maximum absolute atomic E-state index is 13.0. The summed E-state index contributed by atoms with van der Waals surface area (Å²) in [5.74, 6) is 0.439. The molecule has 1 aliphatic rings. The number of anilines is 2. The van der Waals surface area contributed by atoms with Gasteiger partial charge in [-0.2, -0.15) is 0 Å². The van der Waals surface area contributed by atoms with Gasteiger partial charge in [0.2, 0.25) is 5.91 Å². The van der Waals surface area contributed by atoms with E-state index in [4.69, 9.17) is 4.74 Å². The Hall–Kier alpha value is -3.12. The second kappa shape index (κ2) is 7.72. The fourth-order valence-corrected chi connectivity index (χ4v) is 4.95. The van der Waals surface area contributed by atoms with Crippen molar-refractivity contribution in [3.8, 4) is 5.75 Å². The van der Waals surface area contributed by atoms with E-state index in [-0.39, 0.29) is 17.7 Å². The standard InChI is InChI=1S/C23H22N2O3S/c1-13-6-4-8-16(10-13)24-22(27)21-14(2)20-18(12-19(26)25-23(20)29-21)15-7-5-9-17(11-15)28-3/h4-11,18H,12H2,1-3H3,(H,24,27)(H,25,26)/t18-/m0/s1. The molecule has 0 bridgehead atoms. The van der Waals surface area contributed by atoms with E-state index in [9.17, 15) is 9.59 Å². The number of benzene rings is 2. The third-order valence-electron chi connectivity index (χ3n) is 5.16. The van der Waals surface area contributed by atoms with Crippen LogP contribution in [0.25, 0.3) is 0 Å². The normalized spacial score (nSPS) is 15.4. The largest absolute Gasteiger partial charge is 0.497 e. The lowest BCUT2D eigenvalue weighted by atomic mass is 9.85. The Kier molecular flexibility index (Phi) is 5.11. The summed E-state index contributed by atoms with van der Waals surface area (Å²) in [6.45, 7) is 3.93. The first-order valence-corrected chi connectivity index (χ1v) is 10.2. The number of fused-ring (bicyclic) bond motifs is 1. The number of hydrogen-bond acceptors (Lipinski definition) is 4. The number of methoxy groups -OCH3 is 1. The molecule has 2 aromatic carbocycles. The van der Waals surface area contributed by atoms with Gasteiger partial charge in [0.25, 0.3) is 5.91 Å². The summed E-state index contributed by atoms with van der Waals surface area (Å²) < 4.78 is 5.35. The van der Waals surface area contributed by atoms with Crippen molar-refractivity contribution in [2.24, 2.45) is 0 Å². The summed E-state index contributed by atoms with van der Waals surface area (Å²) in [7, 11) is 1.63. The minimum Gasteiger partial charge on any atom is -0.497 e. The van der Waals surface area contributed by atoms with Gasteiger partial charge < -0.3 is 15.4 Å². The van der Waals surface area contributed by atoms with Gasteiger partial charge in [-0.25, -0.2) is 0 Å². The summed E-state index contributed by atoms with van der Waals surface area (Å²) in [5.41, 5.74) is 4.76. The van der Waals surface area contributed by atoms with Crippen LogP contribution in [-0.2, 0) is 4.79 Å². The Balaban J connectivity index is 1.71. The molecule has 0 aliphatic carbocycles. The van der Waals surface area contributed by atoms with Gasteiger partial charge in [-0.3, -0.25) is 9.59 Å². The second-order valence-electron chi connectivity index (χ2n) is 7.20. The van der Waals surface area contributed by atoms with Crippen LogP contribution in [-0.4, -0.2) is 18.9 Å². The summed E-state index contributed by atoms with van der Waals surface area (Å²) in [6.07, 6.45) is 0.344. The first-order valence-electron chi connectivity index (χ1n) is 9.41. The molecule has 6 heteroatoms.